The van der Waals surface area contributed by atoms with Crippen molar-refractivity contribution in [2.75, 3.05) is 20.3 Å². The van der Waals surface area contributed by atoms with Crippen molar-refractivity contribution in [2.45, 2.75) is 87.7 Å². The lowest BCUT2D eigenvalue weighted by molar-refractivity contribution is -0.221. The standard InChI is InChI=1S/C37H42N2O13S/c1-8-26-11-13-27(14-12-26)17-31(44)38-19-30(50-24(5)42)34(51-25(6)43)35-33(39-32(45)20-48-22(3)40)29(49-23(4)41)18-37(52-35,36(46)47-7)53-28-15-9-21(2)10-16-28/h1,9-16,29-30,33-35H,17-20H2,2-7H3,(H,38,44)(H,39,45)/t29-,30?,33+,34?,35+,37+/m0/s1. The molecular weight excluding hydrogens is 712 g/mol. The van der Waals surface area contributed by atoms with E-state index in [1.54, 1.807) is 48.5 Å². The second-order valence-corrected chi connectivity index (χ2v) is 13.3. The molecule has 15 nitrogen and oxygen atoms in total. The molecule has 0 radical (unpaired) electrons. The van der Waals surface area contributed by atoms with E-state index in [1.807, 2.05) is 6.92 Å². The molecule has 16 heteroatoms. The lowest BCUT2D eigenvalue weighted by Crippen LogP contribution is -2.68. The highest BCUT2D eigenvalue weighted by atomic mass is 32.2. The fourth-order valence-corrected chi connectivity index (χ4v) is 6.70. The Morgan fingerprint density at radius 1 is 0.906 bits per heavy atom. The molecule has 1 fully saturated rings. The van der Waals surface area contributed by atoms with Gasteiger partial charge in [0.2, 0.25) is 10.8 Å². The number of aryl methyl sites for hydroxylation is 1. The van der Waals surface area contributed by atoms with Gasteiger partial charge in [-0.1, -0.05) is 47.5 Å². The van der Waals surface area contributed by atoms with E-state index in [-0.39, 0.29) is 6.42 Å². The Hall–Kier alpha value is -5.40. The first-order valence-electron chi connectivity index (χ1n) is 16.3. The van der Waals surface area contributed by atoms with Gasteiger partial charge >= 0.3 is 29.8 Å². The fraction of sp³-hybridized carbons (Fsp3) is 0.432. The van der Waals surface area contributed by atoms with E-state index in [0.717, 1.165) is 52.1 Å². The number of terminal acetylenes is 1. The summed E-state index contributed by atoms with van der Waals surface area (Å²) in [5, 5.41) is 5.26. The average molecular weight is 755 g/mol. The minimum Gasteiger partial charge on any atom is -0.466 e. The Morgan fingerprint density at radius 2 is 1.55 bits per heavy atom. The molecule has 0 spiro atoms. The molecule has 0 aromatic heterocycles. The van der Waals surface area contributed by atoms with E-state index in [0.29, 0.717) is 16.0 Å². The van der Waals surface area contributed by atoms with Crippen molar-refractivity contribution in [3.05, 3.63) is 65.2 Å². The number of thioether (sulfide) groups is 1. The Labute approximate surface area is 311 Å². The van der Waals surface area contributed by atoms with Gasteiger partial charge in [0.15, 0.2) is 18.8 Å². The van der Waals surface area contributed by atoms with Gasteiger partial charge in [0.25, 0.3) is 5.91 Å². The summed E-state index contributed by atoms with van der Waals surface area (Å²) in [5.74, 6) is -3.13. The molecule has 0 saturated carbocycles. The molecular formula is C37H42N2O13S. The van der Waals surface area contributed by atoms with Crippen LogP contribution in [0.15, 0.2) is 53.4 Å². The number of hydrogen-bond acceptors (Lipinski definition) is 14. The average Bonchev–Trinajstić information content (AvgIpc) is 3.09. The number of hydrogen-bond donors (Lipinski definition) is 2. The maximum Gasteiger partial charge on any atom is 0.349 e. The van der Waals surface area contributed by atoms with Gasteiger partial charge in [-0.2, -0.15) is 0 Å². The quantitative estimate of drug-likeness (QED) is 0.152. The molecule has 1 aliphatic rings. The van der Waals surface area contributed by atoms with Crippen LogP contribution in [0.25, 0.3) is 0 Å². The van der Waals surface area contributed by atoms with Crippen molar-refractivity contribution in [3.8, 4) is 12.3 Å². The number of methoxy groups -OCH3 is 1. The molecule has 284 valence electrons. The fourth-order valence-electron chi connectivity index (χ4n) is 5.47. The Bertz CT molecular complexity index is 1710. The smallest absolute Gasteiger partial charge is 0.349 e. The third-order valence-electron chi connectivity index (χ3n) is 7.70. The third kappa shape index (κ3) is 12.7. The van der Waals surface area contributed by atoms with Crippen LogP contribution in [0, 0.1) is 19.3 Å². The Balaban J connectivity index is 2.14. The van der Waals surface area contributed by atoms with Gasteiger partial charge in [0.1, 0.15) is 12.2 Å². The summed E-state index contributed by atoms with van der Waals surface area (Å²) in [6, 6.07) is 12.3. The van der Waals surface area contributed by atoms with Crippen LogP contribution < -0.4 is 10.6 Å². The normalized spacial score (nSPS) is 20.3. The van der Waals surface area contributed by atoms with E-state index in [4.69, 9.17) is 34.8 Å². The second-order valence-electron chi connectivity index (χ2n) is 12.0. The molecule has 2 aromatic carbocycles. The molecule has 0 bridgehead atoms. The summed E-state index contributed by atoms with van der Waals surface area (Å²) >= 11 is 0.907. The zero-order valence-electron chi connectivity index (χ0n) is 30.1. The van der Waals surface area contributed by atoms with Gasteiger partial charge in [0.05, 0.1) is 26.1 Å². The minimum atomic E-state index is -2.02. The number of amides is 2. The van der Waals surface area contributed by atoms with Crippen LogP contribution in [0.3, 0.4) is 0 Å². The van der Waals surface area contributed by atoms with E-state index in [1.165, 1.54) is 0 Å². The maximum atomic E-state index is 13.8. The molecule has 2 unspecified atom stereocenters. The highest BCUT2D eigenvalue weighted by Crippen LogP contribution is 2.46. The first kappa shape index (κ1) is 42.0. The van der Waals surface area contributed by atoms with Crippen LogP contribution in [0.2, 0.25) is 0 Å². The zero-order valence-corrected chi connectivity index (χ0v) is 30.9. The van der Waals surface area contributed by atoms with Crippen molar-refractivity contribution in [3.63, 3.8) is 0 Å². The van der Waals surface area contributed by atoms with Crippen LogP contribution >= 0.6 is 11.8 Å². The van der Waals surface area contributed by atoms with E-state index >= 15 is 0 Å². The molecule has 6 atom stereocenters. The Morgan fingerprint density at radius 3 is 2.09 bits per heavy atom. The van der Waals surface area contributed by atoms with E-state index < -0.39 is 96.6 Å². The molecule has 1 aliphatic heterocycles. The van der Waals surface area contributed by atoms with E-state index in [2.05, 4.69) is 16.6 Å². The molecule has 0 aliphatic carbocycles. The highest BCUT2D eigenvalue weighted by Gasteiger charge is 2.59. The Kier molecular flexibility index (Phi) is 15.4. The van der Waals surface area contributed by atoms with Crippen LogP contribution in [0.5, 0.6) is 0 Å². The lowest BCUT2D eigenvalue weighted by Gasteiger charge is -2.48. The predicted octanol–water partition coefficient (Wildman–Crippen LogP) is 1.93. The molecule has 53 heavy (non-hydrogen) atoms. The minimum absolute atomic E-state index is 0.0994. The highest BCUT2D eigenvalue weighted by molar-refractivity contribution is 8.01. The first-order chi connectivity index (χ1) is 25.0. The monoisotopic (exact) mass is 754 g/mol. The van der Waals surface area contributed by atoms with Crippen LogP contribution in [0.4, 0.5) is 0 Å². The molecule has 2 amide bonds. The van der Waals surface area contributed by atoms with Gasteiger partial charge in [-0.3, -0.25) is 28.8 Å². The summed E-state index contributed by atoms with van der Waals surface area (Å²) in [4.78, 5) is 87.7. The predicted molar refractivity (Wildman–Crippen MR) is 188 cm³/mol. The molecule has 1 heterocycles. The third-order valence-corrected chi connectivity index (χ3v) is 8.96. The van der Waals surface area contributed by atoms with Crippen LogP contribution in [-0.2, 0) is 68.4 Å². The summed E-state index contributed by atoms with van der Waals surface area (Å²) < 4.78 is 33.5. The summed E-state index contributed by atoms with van der Waals surface area (Å²) in [6.07, 6.45) is -1.28. The largest absolute Gasteiger partial charge is 0.466 e. The van der Waals surface area contributed by atoms with Crippen molar-refractivity contribution >= 4 is 53.4 Å². The van der Waals surface area contributed by atoms with E-state index in [9.17, 15) is 33.6 Å². The number of rotatable bonds is 15. The second kappa shape index (κ2) is 19.4. The van der Waals surface area contributed by atoms with Crippen molar-refractivity contribution < 1.29 is 62.0 Å². The number of esters is 5. The van der Waals surface area contributed by atoms with Gasteiger partial charge < -0.3 is 39.1 Å². The summed E-state index contributed by atoms with van der Waals surface area (Å²) in [5.41, 5.74) is 2.16. The number of carbonyl (C=O) groups is 7. The zero-order chi connectivity index (χ0) is 39.3. The topological polar surface area (TPSA) is 199 Å². The van der Waals surface area contributed by atoms with Crippen molar-refractivity contribution in [1.29, 1.82) is 0 Å². The van der Waals surface area contributed by atoms with Gasteiger partial charge in [0, 0.05) is 44.6 Å². The molecule has 1 saturated heterocycles. The summed E-state index contributed by atoms with van der Waals surface area (Å²) in [7, 11) is 1.12. The maximum absolute atomic E-state index is 13.8. The number of benzene rings is 2. The SMILES string of the molecule is C#Cc1ccc(CC(=O)NCC(OC(C)=O)C(OC(C)=O)[C@@H]2O[C@](Sc3ccc(C)cc3)(C(=O)OC)C[C@H](OC(C)=O)[C@H]2NC(=O)COC(C)=O)cc1. The van der Waals surface area contributed by atoms with Crippen molar-refractivity contribution in [1.82, 2.24) is 10.6 Å². The molecule has 2 N–H and O–H groups in total. The van der Waals surface area contributed by atoms with Crippen LogP contribution in [-0.4, -0.2) is 97.3 Å². The van der Waals surface area contributed by atoms with Gasteiger partial charge in [-0.15, -0.1) is 6.42 Å². The molecule has 3 rings (SSSR count). The number of ether oxygens (including phenoxy) is 6. The summed E-state index contributed by atoms with van der Waals surface area (Å²) in [6.45, 7) is 5.01. The van der Waals surface area contributed by atoms with Crippen LogP contribution in [0.1, 0.15) is 50.8 Å². The van der Waals surface area contributed by atoms with Crippen molar-refractivity contribution in [2.24, 2.45) is 0 Å². The first-order valence-corrected chi connectivity index (χ1v) is 17.2. The number of carbonyl (C=O) groups excluding carboxylic acids is 7. The number of nitrogens with one attached hydrogen (secondary N) is 2. The van der Waals surface area contributed by atoms with Gasteiger partial charge in [-0.05, 0) is 36.8 Å². The molecule has 2 aromatic rings. The lowest BCUT2D eigenvalue weighted by atomic mass is 9.89. The van der Waals surface area contributed by atoms with Gasteiger partial charge in [-0.25, -0.2) is 4.79 Å².